The highest BCUT2D eigenvalue weighted by Gasteiger charge is 2.49. The number of aromatic nitrogens is 1. The van der Waals surface area contributed by atoms with Crippen molar-refractivity contribution in [2.75, 3.05) is 13.2 Å². The minimum atomic E-state index is 0.148. The van der Waals surface area contributed by atoms with Crippen LogP contribution in [0, 0.1) is 5.92 Å². The highest BCUT2D eigenvalue weighted by molar-refractivity contribution is 5.98. The number of carbonyl (C=O) groups excluding carboxylic acids is 1. The van der Waals surface area contributed by atoms with Gasteiger partial charge in [0, 0.05) is 41.7 Å². The fourth-order valence-corrected chi connectivity index (χ4v) is 3.97. The molecule has 2 aromatic rings. The first-order valence-corrected chi connectivity index (χ1v) is 7.77. The molecule has 2 aliphatic rings. The van der Waals surface area contributed by atoms with Crippen molar-refractivity contribution in [2.45, 2.75) is 31.9 Å². The minimum Gasteiger partial charge on any atom is -0.376 e. The summed E-state index contributed by atoms with van der Waals surface area (Å²) >= 11 is 0. The van der Waals surface area contributed by atoms with Crippen LogP contribution in [0.3, 0.4) is 0 Å². The normalized spacial score (nSPS) is 27.7. The second-order valence-corrected chi connectivity index (χ2v) is 6.06. The third-order valence-electron chi connectivity index (χ3n) is 4.93. The quantitative estimate of drug-likeness (QED) is 0.942. The molecule has 1 saturated carbocycles. The van der Waals surface area contributed by atoms with E-state index < -0.39 is 0 Å². The van der Waals surface area contributed by atoms with Gasteiger partial charge in [-0.15, -0.1) is 0 Å². The Kier molecular flexibility index (Phi) is 3.00. The van der Waals surface area contributed by atoms with Crippen molar-refractivity contribution in [1.82, 2.24) is 9.88 Å². The molecule has 0 radical (unpaired) electrons. The predicted molar refractivity (Wildman–Crippen MR) is 81.3 cm³/mol. The van der Waals surface area contributed by atoms with Crippen LogP contribution in [0.5, 0.6) is 0 Å². The van der Waals surface area contributed by atoms with E-state index in [9.17, 15) is 4.79 Å². The van der Waals surface area contributed by atoms with Crippen LogP contribution < -0.4 is 0 Å². The van der Waals surface area contributed by atoms with Crippen molar-refractivity contribution in [1.29, 1.82) is 0 Å². The van der Waals surface area contributed by atoms with E-state index in [1.165, 1.54) is 6.42 Å². The molecule has 1 saturated heterocycles. The summed E-state index contributed by atoms with van der Waals surface area (Å²) in [6.45, 7) is 3.61. The number of fused-ring (bicyclic) bond motifs is 3. The summed E-state index contributed by atoms with van der Waals surface area (Å²) in [6.07, 6.45) is 4.42. The molecule has 3 atom stereocenters. The van der Waals surface area contributed by atoms with E-state index in [1.807, 2.05) is 42.3 Å². The lowest BCUT2D eigenvalue weighted by Gasteiger charge is -2.27. The first-order valence-electron chi connectivity index (χ1n) is 7.77. The van der Waals surface area contributed by atoms with Gasteiger partial charge in [0.05, 0.1) is 12.1 Å². The van der Waals surface area contributed by atoms with Gasteiger partial charge in [-0.2, -0.15) is 0 Å². The zero-order valence-electron chi connectivity index (χ0n) is 12.2. The van der Waals surface area contributed by atoms with Gasteiger partial charge in [0.2, 0.25) is 0 Å². The first kappa shape index (κ1) is 12.9. The van der Waals surface area contributed by atoms with Crippen molar-refractivity contribution in [2.24, 2.45) is 5.92 Å². The summed E-state index contributed by atoms with van der Waals surface area (Å²) in [7, 11) is 0. The second-order valence-electron chi connectivity index (χ2n) is 6.06. The number of benzene rings is 1. The highest BCUT2D eigenvalue weighted by atomic mass is 16.5. The van der Waals surface area contributed by atoms with Gasteiger partial charge in [-0.1, -0.05) is 0 Å². The molecule has 1 aliphatic carbocycles. The van der Waals surface area contributed by atoms with Gasteiger partial charge in [-0.25, -0.2) is 0 Å². The number of H-pyrrole nitrogens is 1. The Bertz CT molecular complexity index is 678. The molecule has 2 heterocycles. The van der Waals surface area contributed by atoms with Crippen molar-refractivity contribution in [3.63, 3.8) is 0 Å². The number of aromatic amines is 1. The Balaban J connectivity index is 1.60. The molecular formula is C17H20N2O2. The molecule has 1 amide bonds. The molecule has 1 N–H and O–H groups in total. The van der Waals surface area contributed by atoms with Crippen LogP contribution in [0.4, 0.5) is 0 Å². The Hall–Kier alpha value is -1.81. The maximum Gasteiger partial charge on any atom is 0.254 e. The van der Waals surface area contributed by atoms with E-state index in [1.54, 1.807) is 0 Å². The molecule has 4 nitrogen and oxygen atoms in total. The van der Waals surface area contributed by atoms with E-state index in [4.69, 9.17) is 4.74 Å². The van der Waals surface area contributed by atoms with Crippen molar-refractivity contribution < 1.29 is 9.53 Å². The van der Waals surface area contributed by atoms with Crippen LogP contribution in [-0.2, 0) is 4.74 Å². The third kappa shape index (κ3) is 1.97. The topological polar surface area (TPSA) is 45.3 Å². The Morgan fingerprint density at radius 1 is 1.38 bits per heavy atom. The van der Waals surface area contributed by atoms with E-state index in [0.29, 0.717) is 5.92 Å². The van der Waals surface area contributed by atoms with Gasteiger partial charge in [0.1, 0.15) is 0 Å². The number of ether oxygens (including phenoxy) is 1. The number of carbonyl (C=O) groups is 1. The zero-order chi connectivity index (χ0) is 14.4. The lowest BCUT2D eigenvalue weighted by Crippen LogP contribution is -2.39. The maximum absolute atomic E-state index is 12.8. The van der Waals surface area contributed by atoms with Gasteiger partial charge in [0.15, 0.2) is 0 Å². The largest absolute Gasteiger partial charge is 0.376 e. The van der Waals surface area contributed by atoms with Gasteiger partial charge in [0.25, 0.3) is 5.91 Å². The second kappa shape index (κ2) is 4.88. The summed E-state index contributed by atoms with van der Waals surface area (Å²) in [5.41, 5.74) is 1.85. The lowest BCUT2D eigenvalue weighted by molar-refractivity contribution is 0.0333. The van der Waals surface area contributed by atoms with Crippen LogP contribution in [-0.4, -0.2) is 41.1 Å². The molecule has 2 fully saturated rings. The zero-order valence-corrected chi connectivity index (χ0v) is 12.2. The summed E-state index contributed by atoms with van der Waals surface area (Å²) in [6, 6.07) is 8.16. The minimum absolute atomic E-state index is 0.148. The molecule has 0 spiro atoms. The fraction of sp³-hybridized carbons (Fsp3) is 0.471. The standard InChI is InChI=1S/C17H20N2O2/c1-2-21-16-13-4-6-15(16)19(10-13)17(20)12-3-5-14-11(9-12)7-8-18-14/h3,5,7-9,13,15-16,18H,2,4,6,10H2,1H3. The third-order valence-corrected chi connectivity index (χ3v) is 4.93. The fourth-order valence-electron chi connectivity index (χ4n) is 3.97. The number of nitrogens with one attached hydrogen (secondary N) is 1. The van der Waals surface area contributed by atoms with Crippen LogP contribution in [0.1, 0.15) is 30.1 Å². The maximum atomic E-state index is 12.8. The van der Waals surface area contributed by atoms with Crippen LogP contribution in [0.25, 0.3) is 10.9 Å². The molecule has 1 aromatic carbocycles. The summed E-state index contributed by atoms with van der Waals surface area (Å²) < 4.78 is 5.87. The number of hydrogen-bond donors (Lipinski definition) is 1. The molecule has 110 valence electrons. The van der Waals surface area contributed by atoms with Gasteiger partial charge < -0.3 is 14.6 Å². The van der Waals surface area contributed by atoms with Gasteiger partial charge in [-0.05, 0) is 44.0 Å². The Labute approximate surface area is 124 Å². The van der Waals surface area contributed by atoms with Gasteiger partial charge in [-0.3, -0.25) is 4.79 Å². The summed E-state index contributed by atoms with van der Waals surface area (Å²) in [5, 5.41) is 1.09. The molecule has 4 heteroatoms. The number of nitrogens with zero attached hydrogens (tertiary/aromatic N) is 1. The number of likely N-dealkylation sites (tertiary alicyclic amines) is 1. The van der Waals surface area contributed by atoms with Crippen molar-refractivity contribution >= 4 is 16.8 Å². The smallest absolute Gasteiger partial charge is 0.254 e. The summed E-state index contributed by atoms with van der Waals surface area (Å²) in [4.78, 5) is 18.0. The number of amides is 1. The van der Waals surface area contributed by atoms with E-state index >= 15 is 0 Å². The van der Waals surface area contributed by atoms with Gasteiger partial charge >= 0.3 is 0 Å². The van der Waals surface area contributed by atoms with Crippen LogP contribution in [0.15, 0.2) is 30.5 Å². The molecule has 2 bridgehead atoms. The molecular weight excluding hydrogens is 264 g/mol. The van der Waals surface area contributed by atoms with Crippen LogP contribution >= 0.6 is 0 Å². The van der Waals surface area contributed by atoms with E-state index in [2.05, 4.69) is 4.98 Å². The Morgan fingerprint density at radius 3 is 3.14 bits per heavy atom. The molecule has 4 rings (SSSR count). The lowest BCUT2D eigenvalue weighted by atomic mass is 10.1. The summed E-state index contributed by atoms with van der Waals surface area (Å²) in [5.74, 6) is 0.671. The number of rotatable bonds is 3. The van der Waals surface area contributed by atoms with Crippen molar-refractivity contribution in [3.8, 4) is 0 Å². The Morgan fingerprint density at radius 2 is 2.29 bits per heavy atom. The molecule has 3 unspecified atom stereocenters. The average Bonchev–Trinajstić information content (AvgIpc) is 3.20. The average molecular weight is 284 g/mol. The first-order chi connectivity index (χ1) is 10.3. The molecule has 1 aliphatic heterocycles. The number of piperidine rings is 1. The van der Waals surface area contributed by atoms with E-state index in [-0.39, 0.29) is 18.1 Å². The molecule has 21 heavy (non-hydrogen) atoms. The molecule has 1 aromatic heterocycles. The highest BCUT2D eigenvalue weighted by Crippen LogP contribution is 2.40. The predicted octanol–water partition coefficient (Wildman–Crippen LogP) is 2.81. The van der Waals surface area contributed by atoms with E-state index in [0.717, 1.165) is 36.0 Å². The van der Waals surface area contributed by atoms with Crippen molar-refractivity contribution in [3.05, 3.63) is 36.0 Å². The van der Waals surface area contributed by atoms with Crippen LogP contribution in [0.2, 0.25) is 0 Å². The monoisotopic (exact) mass is 284 g/mol. The SMILES string of the molecule is CCOC1C2CCC1N(C(=O)c1ccc3[nH]ccc3c1)C2. The number of hydrogen-bond acceptors (Lipinski definition) is 2.